The van der Waals surface area contributed by atoms with Gasteiger partial charge in [-0.3, -0.25) is 5.41 Å². The van der Waals surface area contributed by atoms with Gasteiger partial charge in [0.2, 0.25) is 6.40 Å². The summed E-state index contributed by atoms with van der Waals surface area (Å²) >= 11 is 0. The quantitative estimate of drug-likeness (QED) is 0.316. The van der Waals surface area contributed by atoms with Gasteiger partial charge in [0.25, 0.3) is 0 Å². The molecule has 0 saturated heterocycles. The average Bonchev–Trinajstić information content (AvgIpc) is 1.69. The molecule has 0 spiro atoms. The Kier molecular flexibility index (Phi) is 4.10. The molecule has 3 heteroatoms. The molecular formula is C4H6N2O. The van der Waals surface area contributed by atoms with E-state index in [1.54, 1.807) is 0 Å². The molecule has 7 heavy (non-hydrogen) atoms. The highest BCUT2D eigenvalue weighted by atomic mass is 16.6. The third kappa shape index (κ3) is 4.88. The minimum absolute atomic E-state index is 0.736. The Bertz CT molecular complexity index is 87.7. The van der Waals surface area contributed by atoms with E-state index in [0.29, 0.717) is 0 Å². The van der Waals surface area contributed by atoms with Crippen LogP contribution in [0.3, 0.4) is 0 Å². The van der Waals surface area contributed by atoms with E-state index >= 15 is 0 Å². The van der Waals surface area contributed by atoms with Crippen LogP contribution in [0.15, 0.2) is 17.8 Å². The summed E-state index contributed by atoms with van der Waals surface area (Å²) in [6.07, 6.45) is 3.55. The summed E-state index contributed by atoms with van der Waals surface area (Å²) in [5.74, 6) is 0. The molecule has 0 atom stereocenters. The van der Waals surface area contributed by atoms with Crippen molar-refractivity contribution in [2.45, 2.75) is 0 Å². The first kappa shape index (κ1) is 5.88. The Hall–Kier alpha value is -1.12. The van der Waals surface area contributed by atoms with Crippen molar-refractivity contribution in [2.75, 3.05) is 0 Å². The van der Waals surface area contributed by atoms with Crippen LogP contribution >= 0.6 is 0 Å². The van der Waals surface area contributed by atoms with E-state index < -0.39 is 0 Å². The molecule has 0 saturated carbocycles. The molecule has 0 heterocycles. The number of nitrogens with zero attached hydrogens (tertiary/aromatic N) is 1. The molecule has 0 unspecified atom stereocenters. The van der Waals surface area contributed by atoms with Crippen LogP contribution in [0, 0.1) is 5.41 Å². The van der Waals surface area contributed by atoms with Gasteiger partial charge in [0.05, 0.1) is 6.21 Å². The lowest BCUT2D eigenvalue weighted by Crippen LogP contribution is -1.71. The van der Waals surface area contributed by atoms with Crippen molar-refractivity contribution in [2.24, 2.45) is 5.16 Å². The molecule has 0 radical (unpaired) electrons. The fraction of sp³-hybridized carbons (Fsp3) is 0. The number of hydrogen-bond acceptors (Lipinski definition) is 3. The number of oxime groups is 1. The zero-order valence-electron chi connectivity index (χ0n) is 3.79. The molecule has 0 aromatic carbocycles. The SMILES string of the molecule is C=C/C=N/OC=N. The highest BCUT2D eigenvalue weighted by molar-refractivity contribution is 5.69. The number of allylic oxidation sites excluding steroid dienone is 1. The first-order valence-corrected chi connectivity index (χ1v) is 1.71. The molecular weight excluding hydrogens is 92.1 g/mol. The molecule has 0 aliphatic heterocycles. The minimum Gasteiger partial charge on any atom is -0.345 e. The summed E-state index contributed by atoms with van der Waals surface area (Å²) in [4.78, 5) is 4.11. The van der Waals surface area contributed by atoms with E-state index in [9.17, 15) is 0 Å². The molecule has 0 aromatic rings. The van der Waals surface area contributed by atoms with E-state index in [0.717, 1.165) is 6.40 Å². The van der Waals surface area contributed by atoms with Crippen molar-refractivity contribution in [3.8, 4) is 0 Å². The second-order valence-corrected chi connectivity index (χ2v) is 0.713. The third-order valence-corrected chi connectivity index (χ3v) is 0.280. The zero-order valence-corrected chi connectivity index (χ0v) is 3.79. The van der Waals surface area contributed by atoms with E-state index in [2.05, 4.69) is 16.6 Å². The van der Waals surface area contributed by atoms with Gasteiger partial charge in [-0.15, -0.1) is 0 Å². The molecule has 0 amide bonds. The normalized spacial score (nSPS) is 8.57. The van der Waals surface area contributed by atoms with Gasteiger partial charge < -0.3 is 4.84 Å². The van der Waals surface area contributed by atoms with Gasteiger partial charge in [-0.05, 0) is 6.08 Å². The van der Waals surface area contributed by atoms with Crippen molar-refractivity contribution in [1.29, 1.82) is 5.41 Å². The van der Waals surface area contributed by atoms with Crippen molar-refractivity contribution in [3.05, 3.63) is 12.7 Å². The minimum atomic E-state index is 0.736. The van der Waals surface area contributed by atoms with Crippen LogP contribution < -0.4 is 0 Å². The maximum Gasteiger partial charge on any atom is 0.204 e. The summed E-state index contributed by atoms with van der Waals surface area (Å²) in [6.45, 7) is 3.33. The van der Waals surface area contributed by atoms with Crippen LogP contribution in [0.1, 0.15) is 0 Å². The maximum absolute atomic E-state index is 6.29. The van der Waals surface area contributed by atoms with E-state index in [-0.39, 0.29) is 0 Å². The van der Waals surface area contributed by atoms with Crippen LogP contribution in [0.5, 0.6) is 0 Å². The Labute approximate surface area is 41.8 Å². The molecule has 0 bridgehead atoms. The predicted molar refractivity (Wildman–Crippen MR) is 28.6 cm³/mol. The monoisotopic (exact) mass is 98.0 g/mol. The van der Waals surface area contributed by atoms with Crippen molar-refractivity contribution >= 4 is 12.6 Å². The zero-order chi connectivity index (χ0) is 5.54. The Morgan fingerprint density at radius 1 is 1.71 bits per heavy atom. The Morgan fingerprint density at radius 2 is 2.43 bits per heavy atom. The van der Waals surface area contributed by atoms with Gasteiger partial charge in [-0.1, -0.05) is 11.7 Å². The Balaban J connectivity index is 3.08. The summed E-state index contributed by atoms with van der Waals surface area (Å²) in [7, 11) is 0. The first-order chi connectivity index (χ1) is 3.41. The summed E-state index contributed by atoms with van der Waals surface area (Å²) in [6, 6.07) is 0. The highest BCUT2D eigenvalue weighted by Gasteiger charge is 1.58. The second-order valence-electron chi connectivity index (χ2n) is 0.713. The van der Waals surface area contributed by atoms with Crippen LogP contribution in [0.4, 0.5) is 0 Å². The lowest BCUT2D eigenvalue weighted by atomic mass is 10.7. The van der Waals surface area contributed by atoms with Crippen molar-refractivity contribution in [3.63, 3.8) is 0 Å². The van der Waals surface area contributed by atoms with Crippen molar-refractivity contribution < 1.29 is 4.84 Å². The van der Waals surface area contributed by atoms with E-state index in [1.807, 2.05) is 0 Å². The Morgan fingerprint density at radius 3 is 2.86 bits per heavy atom. The summed E-state index contributed by atoms with van der Waals surface area (Å²) in [5, 5.41) is 9.51. The van der Waals surface area contributed by atoms with Crippen LogP contribution in [0.2, 0.25) is 0 Å². The number of rotatable bonds is 3. The molecule has 0 rings (SSSR count). The molecule has 0 aliphatic rings. The van der Waals surface area contributed by atoms with Gasteiger partial charge in [-0.25, -0.2) is 0 Å². The van der Waals surface area contributed by atoms with E-state index in [1.165, 1.54) is 12.3 Å². The largest absolute Gasteiger partial charge is 0.345 e. The predicted octanol–water partition coefficient (Wildman–Crippen LogP) is 0.782. The fourth-order valence-corrected chi connectivity index (χ4v) is 0.109. The lowest BCUT2D eigenvalue weighted by Gasteiger charge is -1.77. The molecule has 1 N–H and O–H groups in total. The van der Waals surface area contributed by atoms with E-state index in [4.69, 9.17) is 5.41 Å². The van der Waals surface area contributed by atoms with Crippen LogP contribution in [0.25, 0.3) is 0 Å². The van der Waals surface area contributed by atoms with Gasteiger partial charge in [0, 0.05) is 0 Å². The van der Waals surface area contributed by atoms with Gasteiger partial charge in [0.1, 0.15) is 0 Å². The maximum atomic E-state index is 6.29. The van der Waals surface area contributed by atoms with Gasteiger partial charge >= 0.3 is 0 Å². The number of hydrogen-bond donors (Lipinski definition) is 1. The standard InChI is InChI=1S/C4H6N2O/c1-2-3-6-7-4-5/h2-5H,1H2/b5-4?,6-3+. The summed E-state index contributed by atoms with van der Waals surface area (Å²) in [5.41, 5.74) is 0. The number of nitrogens with one attached hydrogen (secondary N) is 1. The van der Waals surface area contributed by atoms with Crippen molar-refractivity contribution in [1.82, 2.24) is 0 Å². The van der Waals surface area contributed by atoms with Gasteiger partial charge in [-0.2, -0.15) is 0 Å². The molecule has 38 valence electrons. The molecule has 0 fully saturated rings. The summed E-state index contributed by atoms with van der Waals surface area (Å²) < 4.78 is 0. The third-order valence-electron chi connectivity index (χ3n) is 0.280. The first-order valence-electron chi connectivity index (χ1n) is 1.71. The lowest BCUT2D eigenvalue weighted by molar-refractivity contribution is 0.345. The second kappa shape index (κ2) is 4.88. The topological polar surface area (TPSA) is 45.4 Å². The van der Waals surface area contributed by atoms with Crippen LogP contribution in [-0.4, -0.2) is 12.6 Å². The van der Waals surface area contributed by atoms with Crippen LogP contribution in [-0.2, 0) is 4.84 Å². The molecule has 0 aliphatic carbocycles. The highest BCUT2D eigenvalue weighted by Crippen LogP contribution is 1.63. The average molecular weight is 98.1 g/mol. The molecule has 3 nitrogen and oxygen atoms in total. The van der Waals surface area contributed by atoms with Gasteiger partial charge in [0.15, 0.2) is 0 Å². The molecule has 0 aromatic heterocycles. The smallest absolute Gasteiger partial charge is 0.204 e. The fourth-order valence-electron chi connectivity index (χ4n) is 0.109.